The molecule has 0 bridgehead atoms. The van der Waals surface area contributed by atoms with E-state index in [0.717, 1.165) is 29.3 Å². The minimum absolute atomic E-state index is 0.0256. The van der Waals surface area contributed by atoms with Crippen molar-refractivity contribution in [1.29, 1.82) is 0 Å². The number of unbranched alkanes of at least 4 members (excludes halogenated alkanes) is 1. The molecular weight excluding hydrogens is 804 g/mol. The highest BCUT2D eigenvalue weighted by atomic mass is 32.3. The lowest BCUT2D eigenvalue weighted by Crippen LogP contribution is -2.27. The Bertz CT molecular complexity index is 2770. The van der Waals surface area contributed by atoms with Gasteiger partial charge in [0.1, 0.15) is 0 Å². The topological polar surface area (TPSA) is 117 Å². The number of rotatable bonds is 12. The third-order valence-corrected chi connectivity index (χ3v) is 17.8. The van der Waals surface area contributed by atoms with Gasteiger partial charge < -0.3 is 4.57 Å². The van der Waals surface area contributed by atoms with E-state index < -0.39 is 45.6 Å². The Morgan fingerprint density at radius 2 is 0.911 bits per heavy atom. The number of halogens is 3. The van der Waals surface area contributed by atoms with Gasteiger partial charge in [-0.25, -0.2) is 16.8 Å². The molecule has 0 saturated heterocycles. The number of aromatic nitrogens is 1. The van der Waals surface area contributed by atoms with E-state index in [1.807, 2.05) is 24.3 Å². The number of sulfone groups is 2. The van der Waals surface area contributed by atoms with Crippen molar-refractivity contribution >= 4 is 61.9 Å². The molecule has 0 unspecified atom stereocenters. The summed E-state index contributed by atoms with van der Waals surface area (Å²) in [5.41, 5.74) is -4.24. The largest absolute Gasteiger partial charge is 0.524 e. The highest BCUT2D eigenvalue weighted by molar-refractivity contribution is 8.33. The molecule has 0 aliphatic carbocycles. The number of aryl methyl sites for hydroxylation is 1. The Morgan fingerprint density at radius 1 is 0.500 bits per heavy atom. The summed E-state index contributed by atoms with van der Waals surface area (Å²) in [6.07, 6.45) is 1.74. The summed E-state index contributed by atoms with van der Waals surface area (Å²) in [6.45, 7) is 2.69. The Hall–Kier alpha value is -4.93. The quantitative estimate of drug-likeness (QED) is 0.113. The molecule has 0 aliphatic rings. The van der Waals surface area contributed by atoms with Crippen molar-refractivity contribution in [3.05, 3.63) is 152 Å². The smallest absolute Gasteiger partial charge is 0.340 e. The molecule has 1 aromatic heterocycles. The molecule has 0 fully saturated rings. The minimum atomic E-state index is -6.37. The highest BCUT2D eigenvalue weighted by Crippen LogP contribution is 2.71. The van der Waals surface area contributed by atoms with Gasteiger partial charge >= 0.3 is 15.6 Å². The van der Waals surface area contributed by atoms with Crippen molar-refractivity contribution in [1.82, 2.24) is 4.57 Å². The van der Waals surface area contributed by atoms with E-state index in [-0.39, 0.29) is 34.3 Å². The third kappa shape index (κ3) is 6.91. The summed E-state index contributed by atoms with van der Waals surface area (Å²) in [7, 11) is -18.6. The van der Waals surface area contributed by atoms with E-state index in [4.69, 9.17) is 3.63 Å². The molecule has 15 heteroatoms. The predicted molar refractivity (Wildman–Crippen MR) is 209 cm³/mol. The molecule has 7 rings (SSSR count). The molecule has 0 N–H and O–H groups in total. The maximum Gasteiger partial charge on any atom is 0.524 e. The number of alkyl halides is 3. The molecule has 0 saturated carbocycles. The van der Waals surface area contributed by atoms with Crippen LogP contribution in [-0.4, -0.2) is 35.3 Å². The van der Waals surface area contributed by atoms with Crippen LogP contribution < -0.4 is 0 Å². The lowest BCUT2D eigenvalue weighted by atomic mass is 10.1. The van der Waals surface area contributed by atoms with Crippen LogP contribution in [0.5, 0.6) is 0 Å². The molecule has 7 aromatic rings. The van der Waals surface area contributed by atoms with E-state index >= 15 is 0 Å². The molecule has 8 nitrogen and oxygen atoms in total. The lowest BCUT2D eigenvalue weighted by molar-refractivity contribution is -0.0496. The number of benzene rings is 6. The van der Waals surface area contributed by atoms with E-state index in [1.54, 1.807) is 48.5 Å². The van der Waals surface area contributed by atoms with Crippen LogP contribution >= 0.6 is 10.3 Å². The second-order valence-corrected chi connectivity index (χ2v) is 21.1. The zero-order valence-electron chi connectivity index (χ0n) is 29.6. The van der Waals surface area contributed by atoms with E-state index in [1.165, 1.54) is 78.9 Å². The Kier molecular flexibility index (Phi) is 10.4. The fourth-order valence-electron chi connectivity index (χ4n) is 6.56. The van der Waals surface area contributed by atoms with Crippen LogP contribution in [0, 0.1) is 0 Å². The van der Waals surface area contributed by atoms with Crippen molar-refractivity contribution in [2.75, 3.05) is 0 Å². The molecule has 0 radical (unpaired) electrons. The average Bonchev–Trinajstić information content (AvgIpc) is 3.52. The SMILES string of the molecule is CCCCn1c2ccccc2c2cc(S(OS(=O)(=O)C(F)(F)F)(c3ccc(S(=O)(=O)c4ccccc4)cc3)c3ccc(S(=O)(=O)c4ccccc4)cc3)ccc21. The number of hydrogen-bond acceptors (Lipinski definition) is 7. The zero-order valence-corrected chi connectivity index (χ0v) is 32.9. The van der Waals surface area contributed by atoms with Gasteiger partial charge in [-0.3, -0.25) is 0 Å². The van der Waals surface area contributed by atoms with Gasteiger partial charge in [-0.05, 0) is 114 Å². The minimum Gasteiger partial charge on any atom is -0.340 e. The van der Waals surface area contributed by atoms with Gasteiger partial charge in [0, 0.05) is 43.0 Å². The summed E-state index contributed by atoms with van der Waals surface area (Å²) in [5, 5.41) is 1.38. The van der Waals surface area contributed by atoms with Crippen molar-refractivity contribution in [3.8, 4) is 0 Å². The number of nitrogens with zero attached hydrogens (tertiary/aromatic N) is 1. The van der Waals surface area contributed by atoms with Crippen LogP contribution in [0.1, 0.15) is 19.8 Å². The van der Waals surface area contributed by atoms with Gasteiger partial charge in [-0.15, -0.1) is 0 Å². The lowest BCUT2D eigenvalue weighted by Gasteiger charge is -2.39. The predicted octanol–water partition coefficient (Wildman–Crippen LogP) is 10.3. The van der Waals surface area contributed by atoms with Gasteiger partial charge in [-0.2, -0.15) is 25.2 Å². The second-order valence-electron chi connectivity index (χ2n) is 12.8. The monoisotopic (exact) mass is 837 g/mol. The van der Waals surface area contributed by atoms with Gasteiger partial charge in [0.25, 0.3) is 0 Å². The number of para-hydroxylation sites is 1. The summed E-state index contributed by atoms with van der Waals surface area (Å²) >= 11 is 0. The van der Waals surface area contributed by atoms with Crippen molar-refractivity contribution in [2.24, 2.45) is 0 Å². The Labute approximate surface area is 324 Å². The molecule has 6 aromatic carbocycles. The van der Waals surface area contributed by atoms with Crippen molar-refractivity contribution < 1.29 is 42.1 Å². The average molecular weight is 838 g/mol. The Morgan fingerprint density at radius 3 is 1.39 bits per heavy atom. The maximum atomic E-state index is 14.4. The summed E-state index contributed by atoms with van der Waals surface area (Å²) in [6, 6.07) is 37.0. The molecule has 0 aliphatic heterocycles. The van der Waals surface area contributed by atoms with Crippen molar-refractivity contribution in [3.63, 3.8) is 0 Å². The summed E-state index contributed by atoms with van der Waals surface area (Å²) in [4.78, 5) is -0.593. The normalized spacial score (nSPS) is 13.3. The van der Waals surface area contributed by atoms with E-state index in [9.17, 15) is 38.4 Å². The maximum absolute atomic E-state index is 14.4. The third-order valence-electron chi connectivity index (χ3n) is 9.33. The van der Waals surface area contributed by atoms with Crippen LogP contribution in [0.3, 0.4) is 0 Å². The van der Waals surface area contributed by atoms with Crippen LogP contribution in [0.25, 0.3) is 21.8 Å². The van der Waals surface area contributed by atoms with Crippen LogP contribution in [0.15, 0.2) is 186 Å². The molecule has 0 atom stereocenters. The van der Waals surface area contributed by atoms with Gasteiger partial charge in [0.2, 0.25) is 19.7 Å². The number of hydrogen-bond donors (Lipinski definition) is 0. The molecule has 0 spiro atoms. The highest BCUT2D eigenvalue weighted by Gasteiger charge is 2.52. The fourth-order valence-corrected chi connectivity index (χ4v) is 13.8. The zero-order chi connectivity index (χ0) is 39.9. The molecule has 56 heavy (non-hydrogen) atoms. The fraction of sp³-hybridized carbons (Fsp3) is 0.122. The summed E-state index contributed by atoms with van der Waals surface area (Å²) in [5.74, 6) is 0. The van der Waals surface area contributed by atoms with Gasteiger partial charge in [0.15, 0.2) is 0 Å². The van der Waals surface area contributed by atoms with Crippen LogP contribution in [0.4, 0.5) is 13.2 Å². The van der Waals surface area contributed by atoms with Crippen LogP contribution in [-0.2, 0) is 40.0 Å². The first kappa shape index (κ1) is 39.3. The first-order valence-corrected chi connectivity index (χ1v) is 23.2. The van der Waals surface area contributed by atoms with E-state index in [2.05, 4.69) is 11.5 Å². The van der Waals surface area contributed by atoms with E-state index in [0.29, 0.717) is 11.9 Å². The molecule has 290 valence electrons. The molecule has 1 heterocycles. The van der Waals surface area contributed by atoms with Gasteiger partial charge in [0.05, 0.1) is 19.6 Å². The van der Waals surface area contributed by atoms with Crippen molar-refractivity contribution in [2.45, 2.75) is 66.1 Å². The van der Waals surface area contributed by atoms with Crippen LogP contribution in [0.2, 0.25) is 0 Å². The second kappa shape index (κ2) is 14.9. The first-order chi connectivity index (χ1) is 26.6. The Balaban J connectivity index is 1.52. The summed E-state index contributed by atoms with van der Waals surface area (Å²) < 4.78 is 132. The first-order valence-electron chi connectivity index (χ1n) is 17.3. The molecule has 0 amide bonds. The number of fused-ring (bicyclic) bond motifs is 3. The van der Waals surface area contributed by atoms with Gasteiger partial charge in [-0.1, -0.05) is 67.9 Å². The molecular formula is C41H34F3NO7S4. The standard InChI is InChI=1S/C41H34F3NO7S4/c1-2-3-28-45-39-17-11-10-16-37(39)38-29-36(26-27-40(38)45)53(52-56(50,51)41(42,43)44,30-18-22-34(23-19-30)54(46,47)32-12-6-4-7-13-32)31-20-24-35(25-21-31)55(48,49)33-14-8-5-9-15-33/h4-27,29H,2-3,28H2,1H3.